The topological polar surface area (TPSA) is 46.9 Å². The Hall–Kier alpha value is -2.10. The zero-order valence-electron chi connectivity index (χ0n) is 15.8. The van der Waals surface area contributed by atoms with Gasteiger partial charge in [0.2, 0.25) is 0 Å². The predicted molar refractivity (Wildman–Crippen MR) is 100 cm³/mol. The Kier molecular flexibility index (Phi) is 2.45. The molecule has 4 nitrogen and oxygen atoms in total. The molecule has 1 N–H and O–H groups in total. The molecule has 3 saturated carbocycles. The van der Waals surface area contributed by atoms with E-state index in [0.717, 1.165) is 23.2 Å². The Labute approximate surface area is 154 Å². The minimum absolute atomic E-state index is 0.0393. The molecule has 0 radical (unpaired) electrons. The van der Waals surface area contributed by atoms with E-state index in [2.05, 4.69) is 42.5 Å². The summed E-state index contributed by atoms with van der Waals surface area (Å²) in [4.78, 5) is 12.9. The lowest BCUT2D eigenvalue weighted by atomic mass is 9.73. The maximum absolute atomic E-state index is 12.9. The molecule has 26 heavy (non-hydrogen) atoms. The van der Waals surface area contributed by atoms with Gasteiger partial charge in [0.25, 0.3) is 5.91 Å². The van der Waals surface area contributed by atoms with Crippen molar-refractivity contribution >= 4 is 11.6 Å². The van der Waals surface area contributed by atoms with Crippen LogP contribution < -0.4 is 5.32 Å². The molecule has 3 fully saturated rings. The van der Waals surface area contributed by atoms with Crippen molar-refractivity contribution < 1.29 is 4.79 Å². The predicted octanol–water partition coefficient (Wildman–Crippen LogP) is 4.01. The highest BCUT2D eigenvalue weighted by atomic mass is 16.1. The van der Waals surface area contributed by atoms with Gasteiger partial charge in [-0.05, 0) is 66.0 Å². The highest BCUT2D eigenvalue weighted by molar-refractivity contribution is 6.05. The molecule has 134 valence electrons. The molecule has 0 bridgehead atoms. The van der Waals surface area contributed by atoms with E-state index in [1.807, 2.05) is 20.2 Å². The highest BCUT2D eigenvalue weighted by Gasteiger charge is 3.01. The monoisotopic (exact) mass is 347 g/mol. The number of amides is 1. The summed E-state index contributed by atoms with van der Waals surface area (Å²) in [6.07, 6.45) is 4.48. The van der Waals surface area contributed by atoms with Crippen LogP contribution in [0.4, 0.5) is 5.69 Å². The number of aryl methyl sites for hydroxylation is 2. The molecule has 0 saturated heterocycles. The van der Waals surface area contributed by atoms with Gasteiger partial charge in [0.15, 0.2) is 0 Å². The van der Waals surface area contributed by atoms with Gasteiger partial charge in [-0.1, -0.05) is 26.0 Å². The number of rotatable bonds is 3. The van der Waals surface area contributed by atoms with Gasteiger partial charge < -0.3 is 5.32 Å². The summed E-state index contributed by atoms with van der Waals surface area (Å²) in [5.41, 5.74) is 6.42. The number of anilines is 1. The van der Waals surface area contributed by atoms with Crippen LogP contribution in [0.1, 0.15) is 59.8 Å². The maximum Gasteiger partial charge on any atom is 0.259 e. The fourth-order valence-corrected chi connectivity index (χ4v) is 7.71. The van der Waals surface area contributed by atoms with Crippen LogP contribution in [0.5, 0.6) is 0 Å². The molecule has 1 heterocycles. The average molecular weight is 347 g/mol. The van der Waals surface area contributed by atoms with Crippen LogP contribution in [0, 0.1) is 30.1 Å². The van der Waals surface area contributed by atoms with Crippen LogP contribution in [-0.2, 0) is 12.5 Å². The van der Waals surface area contributed by atoms with Gasteiger partial charge in [0, 0.05) is 24.3 Å². The van der Waals surface area contributed by atoms with E-state index in [9.17, 15) is 4.79 Å². The summed E-state index contributed by atoms with van der Waals surface area (Å²) in [7, 11) is 1.86. The fraction of sp³-hybridized carbons (Fsp3) is 0.545. The summed E-state index contributed by atoms with van der Waals surface area (Å²) >= 11 is 0. The van der Waals surface area contributed by atoms with Crippen molar-refractivity contribution in [2.24, 2.45) is 30.2 Å². The lowest BCUT2D eigenvalue weighted by Gasteiger charge is -2.31. The average Bonchev–Trinajstić information content (AvgIpc) is 3.24. The second kappa shape index (κ2) is 4.24. The van der Waals surface area contributed by atoms with E-state index in [4.69, 9.17) is 0 Å². The van der Waals surface area contributed by atoms with Gasteiger partial charge in [-0.25, -0.2) is 0 Å². The third kappa shape index (κ3) is 1.30. The number of carbonyl (C=O) groups is 1. The van der Waals surface area contributed by atoms with Crippen LogP contribution in [-0.4, -0.2) is 15.7 Å². The molecular weight excluding hydrogens is 322 g/mol. The van der Waals surface area contributed by atoms with Crippen LogP contribution in [0.3, 0.4) is 0 Å². The van der Waals surface area contributed by atoms with Crippen LogP contribution in [0.25, 0.3) is 0 Å². The second-order valence-corrected chi connectivity index (χ2v) is 9.19. The van der Waals surface area contributed by atoms with Gasteiger partial charge in [0.05, 0.1) is 11.3 Å². The normalized spacial score (nSPS) is 37.3. The molecule has 1 amide bonds. The zero-order chi connectivity index (χ0) is 18.0. The Bertz CT molecular complexity index is 989. The second-order valence-electron chi connectivity index (χ2n) is 9.19. The molecular formula is C22H25N3O. The third-order valence-electron chi connectivity index (χ3n) is 8.21. The molecule has 4 aliphatic rings. The number of hydrogen-bond acceptors (Lipinski definition) is 2. The van der Waals surface area contributed by atoms with E-state index in [0.29, 0.717) is 28.2 Å². The molecule has 1 aromatic carbocycles. The van der Waals surface area contributed by atoms with Crippen molar-refractivity contribution in [1.29, 1.82) is 0 Å². The van der Waals surface area contributed by atoms with Gasteiger partial charge in [-0.2, -0.15) is 5.10 Å². The number of nitrogens with zero attached hydrogens (tertiary/aromatic N) is 2. The molecule has 1 spiro atoms. The first-order chi connectivity index (χ1) is 12.5. The van der Waals surface area contributed by atoms with Gasteiger partial charge in [0.1, 0.15) is 0 Å². The van der Waals surface area contributed by atoms with Crippen LogP contribution in [0.2, 0.25) is 0 Å². The SMILES string of the molecule is Cc1nn(C)cc1C(=O)Nc1cccc2c1C1CCC3C4C2(C(C)C)C134. The molecule has 6 rings (SSSR count). The van der Waals surface area contributed by atoms with Crippen molar-refractivity contribution in [3.63, 3.8) is 0 Å². The van der Waals surface area contributed by atoms with Crippen LogP contribution >= 0.6 is 0 Å². The highest BCUT2D eigenvalue weighted by Crippen LogP contribution is 3.03. The number of nitrogens with one attached hydrogen (secondary N) is 1. The Balaban J connectivity index is 1.43. The Morgan fingerprint density at radius 2 is 2.15 bits per heavy atom. The van der Waals surface area contributed by atoms with E-state index in [1.165, 1.54) is 18.4 Å². The number of fused-ring (bicyclic) bond motifs is 5. The van der Waals surface area contributed by atoms with Crippen molar-refractivity contribution in [2.75, 3.05) is 5.32 Å². The van der Waals surface area contributed by atoms with E-state index in [1.54, 1.807) is 10.2 Å². The fourth-order valence-electron chi connectivity index (χ4n) is 7.71. The molecule has 0 aliphatic heterocycles. The molecule has 5 unspecified atom stereocenters. The molecule has 5 atom stereocenters. The standard InChI is InChI=1S/C22H25N3O/c1-11(2)21-14-6-5-7-17(23-20(26)13-10-25(4)24-12(13)3)18(14)15-8-9-16-19(21)22(15,16)21/h5-7,10-11,15-16,19H,8-9H2,1-4H3,(H,23,26). The quantitative estimate of drug-likeness (QED) is 0.912. The van der Waals surface area contributed by atoms with Gasteiger partial charge in [-0.3, -0.25) is 9.48 Å². The van der Waals surface area contributed by atoms with Crippen LogP contribution in [0.15, 0.2) is 24.4 Å². The van der Waals surface area contributed by atoms with Crippen molar-refractivity contribution in [3.05, 3.63) is 46.8 Å². The largest absolute Gasteiger partial charge is 0.322 e. The van der Waals surface area contributed by atoms with E-state index in [-0.39, 0.29) is 5.91 Å². The van der Waals surface area contributed by atoms with Gasteiger partial charge >= 0.3 is 0 Å². The lowest BCUT2D eigenvalue weighted by molar-refractivity contribution is 0.102. The third-order valence-corrected chi connectivity index (χ3v) is 8.21. The maximum atomic E-state index is 12.9. The molecule has 4 heteroatoms. The summed E-state index contributed by atoms with van der Waals surface area (Å²) in [5, 5.41) is 7.55. The lowest BCUT2D eigenvalue weighted by Crippen LogP contribution is -2.29. The van der Waals surface area contributed by atoms with Crippen molar-refractivity contribution in [1.82, 2.24) is 9.78 Å². The number of hydrogen-bond donors (Lipinski definition) is 1. The summed E-state index contributed by atoms with van der Waals surface area (Å²) in [5.74, 6) is 3.17. The Morgan fingerprint density at radius 1 is 1.35 bits per heavy atom. The molecule has 4 aliphatic carbocycles. The number of benzene rings is 1. The molecule has 1 aromatic heterocycles. The smallest absolute Gasteiger partial charge is 0.259 e. The summed E-state index contributed by atoms with van der Waals surface area (Å²) in [6, 6.07) is 6.58. The first-order valence-electron chi connectivity index (χ1n) is 9.90. The van der Waals surface area contributed by atoms with Crippen molar-refractivity contribution in [3.8, 4) is 0 Å². The summed E-state index contributed by atoms with van der Waals surface area (Å²) in [6.45, 7) is 6.68. The number of carbonyl (C=O) groups excluding carboxylic acids is 1. The Morgan fingerprint density at radius 3 is 2.85 bits per heavy atom. The first-order valence-corrected chi connectivity index (χ1v) is 9.90. The minimum Gasteiger partial charge on any atom is -0.322 e. The van der Waals surface area contributed by atoms with E-state index >= 15 is 0 Å². The summed E-state index contributed by atoms with van der Waals surface area (Å²) < 4.78 is 1.71. The minimum atomic E-state index is -0.0393. The van der Waals surface area contributed by atoms with Gasteiger partial charge in [-0.15, -0.1) is 0 Å². The zero-order valence-corrected chi connectivity index (χ0v) is 15.8. The molecule has 2 aromatic rings. The van der Waals surface area contributed by atoms with E-state index < -0.39 is 0 Å². The first kappa shape index (κ1) is 15.0. The van der Waals surface area contributed by atoms with Crippen molar-refractivity contribution in [2.45, 2.75) is 44.9 Å². The number of aromatic nitrogens is 2.